The van der Waals surface area contributed by atoms with Gasteiger partial charge in [0.2, 0.25) is 5.91 Å². The normalized spacial score (nSPS) is 27.2. The molecular weight excluding hydrogens is 264 g/mol. The van der Waals surface area contributed by atoms with Gasteiger partial charge < -0.3 is 14.9 Å². The van der Waals surface area contributed by atoms with E-state index in [1.807, 2.05) is 4.90 Å². The summed E-state index contributed by atoms with van der Waals surface area (Å²) in [6.45, 7) is 9.26. The van der Waals surface area contributed by atoms with Gasteiger partial charge in [0.05, 0.1) is 6.61 Å². The maximum Gasteiger partial charge on any atom is 0.222 e. The highest BCUT2D eigenvalue weighted by Crippen LogP contribution is 2.33. The maximum atomic E-state index is 11.7. The summed E-state index contributed by atoms with van der Waals surface area (Å²) in [6.07, 6.45) is 7.20. The number of amides is 1. The van der Waals surface area contributed by atoms with Crippen molar-refractivity contribution < 1.29 is 9.90 Å². The van der Waals surface area contributed by atoms with Crippen molar-refractivity contribution in [3.05, 3.63) is 11.6 Å². The molecule has 0 aliphatic carbocycles. The monoisotopic (exact) mass is 294 g/mol. The fourth-order valence-corrected chi connectivity index (χ4v) is 3.48. The largest absolute Gasteiger partial charge is 0.396 e. The van der Waals surface area contributed by atoms with Gasteiger partial charge >= 0.3 is 0 Å². The lowest BCUT2D eigenvalue weighted by Gasteiger charge is -2.42. The number of carbonyl (C=O) groups excluding carboxylic acids is 1. The zero-order chi connectivity index (χ0) is 15.3. The van der Waals surface area contributed by atoms with Crippen LogP contribution in [0.3, 0.4) is 0 Å². The van der Waals surface area contributed by atoms with Gasteiger partial charge in [-0.1, -0.05) is 11.6 Å². The number of aliphatic hydroxyl groups excluding tert-OH is 1. The van der Waals surface area contributed by atoms with E-state index in [9.17, 15) is 9.90 Å². The Morgan fingerprint density at radius 2 is 2.10 bits per heavy atom. The lowest BCUT2D eigenvalue weighted by molar-refractivity contribution is -0.128. The molecule has 0 saturated carbocycles. The lowest BCUT2D eigenvalue weighted by atomic mass is 9.77. The maximum absolute atomic E-state index is 11.7. The van der Waals surface area contributed by atoms with Crippen molar-refractivity contribution in [2.24, 2.45) is 5.41 Å². The standard InChI is InChI=1S/C17H30N2O2/c1-15(2)6-8-17(14-20)7-4-9-18(13-17)11-12-19-10-3-5-16(19)21/h6,20H,3-5,7-14H2,1-2H3/t17-/m1/s1. The summed E-state index contributed by atoms with van der Waals surface area (Å²) >= 11 is 0. The summed E-state index contributed by atoms with van der Waals surface area (Å²) in [5, 5.41) is 9.87. The number of aliphatic hydroxyl groups is 1. The number of carbonyl (C=O) groups is 1. The molecular formula is C17H30N2O2. The van der Waals surface area contributed by atoms with Gasteiger partial charge in [0.1, 0.15) is 0 Å². The van der Waals surface area contributed by atoms with Crippen LogP contribution in [0, 0.1) is 5.41 Å². The predicted molar refractivity (Wildman–Crippen MR) is 85.1 cm³/mol. The van der Waals surface area contributed by atoms with Crippen molar-refractivity contribution in [3.63, 3.8) is 0 Å². The molecule has 0 aromatic carbocycles. The van der Waals surface area contributed by atoms with Gasteiger partial charge in [-0.25, -0.2) is 0 Å². The minimum atomic E-state index is 0.0184. The molecule has 0 unspecified atom stereocenters. The lowest BCUT2D eigenvalue weighted by Crippen LogP contribution is -2.47. The van der Waals surface area contributed by atoms with E-state index in [2.05, 4.69) is 24.8 Å². The molecule has 120 valence electrons. The average molecular weight is 294 g/mol. The smallest absolute Gasteiger partial charge is 0.222 e. The van der Waals surface area contributed by atoms with E-state index in [1.54, 1.807) is 0 Å². The number of nitrogens with zero attached hydrogens (tertiary/aromatic N) is 2. The fourth-order valence-electron chi connectivity index (χ4n) is 3.48. The van der Waals surface area contributed by atoms with Crippen LogP contribution in [-0.2, 0) is 4.79 Å². The van der Waals surface area contributed by atoms with Gasteiger partial charge in [-0.05, 0) is 46.1 Å². The summed E-state index contributed by atoms with van der Waals surface area (Å²) < 4.78 is 0. The number of likely N-dealkylation sites (tertiary alicyclic amines) is 2. The van der Waals surface area contributed by atoms with E-state index < -0.39 is 0 Å². The first-order valence-electron chi connectivity index (χ1n) is 8.29. The second-order valence-electron chi connectivity index (χ2n) is 7.01. The highest BCUT2D eigenvalue weighted by atomic mass is 16.3. The van der Waals surface area contributed by atoms with Gasteiger partial charge in [0.25, 0.3) is 0 Å². The van der Waals surface area contributed by atoms with Crippen LogP contribution in [-0.4, -0.2) is 60.1 Å². The first-order chi connectivity index (χ1) is 10.0. The van der Waals surface area contributed by atoms with E-state index in [4.69, 9.17) is 0 Å². The zero-order valence-electron chi connectivity index (χ0n) is 13.6. The van der Waals surface area contributed by atoms with Crippen LogP contribution in [0.5, 0.6) is 0 Å². The van der Waals surface area contributed by atoms with Gasteiger partial charge in [-0.3, -0.25) is 4.79 Å². The molecule has 2 aliphatic heterocycles. The molecule has 4 heteroatoms. The van der Waals surface area contributed by atoms with Gasteiger partial charge in [0, 0.05) is 38.0 Å². The second-order valence-corrected chi connectivity index (χ2v) is 7.01. The summed E-state index contributed by atoms with van der Waals surface area (Å²) in [4.78, 5) is 16.1. The molecule has 0 spiro atoms. The molecule has 0 aromatic rings. The Bertz CT molecular complexity index is 390. The van der Waals surface area contributed by atoms with Crippen molar-refractivity contribution >= 4 is 5.91 Å². The number of piperidine rings is 1. The third kappa shape index (κ3) is 4.55. The van der Waals surface area contributed by atoms with Crippen LogP contribution in [0.15, 0.2) is 11.6 Å². The van der Waals surface area contributed by atoms with Crippen molar-refractivity contribution in [1.29, 1.82) is 0 Å². The number of hydrogen-bond donors (Lipinski definition) is 1. The first kappa shape index (κ1) is 16.5. The molecule has 1 N–H and O–H groups in total. The summed E-state index contributed by atoms with van der Waals surface area (Å²) in [7, 11) is 0. The Labute approximate surface area is 128 Å². The van der Waals surface area contributed by atoms with Crippen LogP contribution < -0.4 is 0 Å². The number of hydrogen-bond acceptors (Lipinski definition) is 3. The molecule has 0 radical (unpaired) electrons. The Hall–Kier alpha value is -0.870. The molecule has 0 aromatic heterocycles. The molecule has 1 atom stereocenters. The Kier molecular flexibility index (Phi) is 5.82. The molecule has 4 nitrogen and oxygen atoms in total. The van der Waals surface area contributed by atoms with Gasteiger partial charge in [-0.2, -0.15) is 0 Å². The van der Waals surface area contributed by atoms with Crippen molar-refractivity contribution in [2.75, 3.05) is 39.3 Å². The van der Waals surface area contributed by atoms with Crippen LogP contribution in [0.2, 0.25) is 0 Å². The summed E-state index contributed by atoms with van der Waals surface area (Å²) in [5.74, 6) is 0.310. The minimum absolute atomic E-state index is 0.0184. The Morgan fingerprint density at radius 1 is 1.29 bits per heavy atom. The molecule has 2 rings (SSSR count). The van der Waals surface area contributed by atoms with E-state index in [1.165, 1.54) is 5.57 Å². The molecule has 2 aliphatic rings. The van der Waals surface area contributed by atoms with Crippen LogP contribution in [0.25, 0.3) is 0 Å². The third-order valence-electron chi connectivity index (χ3n) is 4.88. The van der Waals surface area contributed by atoms with Crippen LogP contribution >= 0.6 is 0 Å². The van der Waals surface area contributed by atoms with Crippen LogP contribution in [0.1, 0.15) is 46.0 Å². The van der Waals surface area contributed by atoms with Gasteiger partial charge in [-0.15, -0.1) is 0 Å². The predicted octanol–water partition coefficient (Wildman–Crippen LogP) is 2.04. The molecule has 0 bridgehead atoms. The topological polar surface area (TPSA) is 43.8 Å². The summed E-state index contributed by atoms with van der Waals surface area (Å²) in [5.41, 5.74) is 1.34. The molecule has 21 heavy (non-hydrogen) atoms. The molecule has 2 fully saturated rings. The quantitative estimate of drug-likeness (QED) is 0.762. The van der Waals surface area contributed by atoms with E-state index in [0.29, 0.717) is 5.91 Å². The van der Waals surface area contributed by atoms with Crippen molar-refractivity contribution in [1.82, 2.24) is 9.80 Å². The highest BCUT2D eigenvalue weighted by molar-refractivity contribution is 5.78. The Balaban J connectivity index is 1.86. The molecule has 2 saturated heterocycles. The first-order valence-corrected chi connectivity index (χ1v) is 8.29. The second kappa shape index (κ2) is 7.41. The molecule has 1 amide bonds. The van der Waals surface area contributed by atoms with Crippen molar-refractivity contribution in [3.8, 4) is 0 Å². The SMILES string of the molecule is CC(C)=CC[C@]1(CO)CCCN(CCN2CCCC2=O)C1. The van der Waals surface area contributed by atoms with Crippen LogP contribution in [0.4, 0.5) is 0 Å². The number of allylic oxidation sites excluding steroid dienone is 2. The van der Waals surface area contributed by atoms with Crippen molar-refractivity contribution in [2.45, 2.75) is 46.0 Å². The average Bonchev–Trinajstić information content (AvgIpc) is 2.89. The third-order valence-corrected chi connectivity index (χ3v) is 4.88. The minimum Gasteiger partial charge on any atom is -0.396 e. The van der Waals surface area contributed by atoms with E-state index in [0.717, 1.165) is 64.8 Å². The zero-order valence-corrected chi connectivity index (χ0v) is 13.6. The number of rotatable bonds is 6. The molecule has 2 heterocycles. The van der Waals surface area contributed by atoms with E-state index in [-0.39, 0.29) is 12.0 Å². The van der Waals surface area contributed by atoms with E-state index >= 15 is 0 Å². The fraction of sp³-hybridized carbons (Fsp3) is 0.824. The highest BCUT2D eigenvalue weighted by Gasteiger charge is 2.34. The van der Waals surface area contributed by atoms with Gasteiger partial charge in [0.15, 0.2) is 0 Å². The Morgan fingerprint density at radius 3 is 2.71 bits per heavy atom. The summed E-state index contributed by atoms with van der Waals surface area (Å²) in [6, 6.07) is 0.